The Morgan fingerprint density at radius 3 is 2.50 bits per heavy atom. The number of pyridine rings is 1. The number of nitrogens with two attached hydrogens (primary N) is 1. The van der Waals surface area contributed by atoms with E-state index in [1.54, 1.807) is 12.1 Å². The maximum absolute atomic E-state index is 12.9. The normalized spacial score (nSPS) is 15.8. The molecule has 1 aliphatic heterocycles. The molecule has 1 amide bonds. The van der Waals surface area contributed by atoms with E-state index in [2.05, 4.69) is 22.1 Å². The molecule has 28 heavy (non-hydrogen) atoms. The number of amides is 1. The monoisotopic (exact) mass is 389 g/mol. The van der Waals surface area contributed by atoms with E-state index in [0.29, 0.717) is 29.5 Å². The smallest absolute Gasteiger partial charge is 0.255 e. The first-order valence-corrected chi connectivity index (χ1v) is 9.93. The topological polar surface area (TPSA) is 95.9 Å². The van der Waals surface area contributed by atoms with Gasteiger partial charge in [0.1, 0.15) is 11.8 Å². The van der Waals surface area contributed by atoms with Crippen LogP contribution in [0.4, 0.5) is 5.13 Å². The molecule has 0 bridgehead atoms. The van der Waals surface area contributed by atoms with Gasteiger partial charge in [-0.05, 0) is 30.5 Å². The van der Waals surface area contributed by atoms with Crippen LogP contribution in [0.1, 0.15) is 40.2 Å². The van der Waals surface area contributed by atoms with E-state index in [1.807, 2.05) is 34.5 Å². The maximum atomic E-state index is 12.9. The van der Waals surface area contributed by atoms with Crippen molar-refractivity contribution in [1.82, 2.24) is 14.9 Å². The fraction of sp³-hybridized carbons (Fsp3) is 0.238. The van der Waals surface area contributed by atoms with Crippen LogP contribution in [0.15, 0.2) is 54.0 Å². The number of nitriles is 1. The number of hydrogen-bond acceptors (Lipinski definition) is 6. The second-order valence-electron chi connectivity index (χ2n) is 6.86. The average Bonchev–Trinajstić information content (AvgIpc) is 3.21. The molecule has 1 saturated heterocycles. The molecule has 140 valence electrons. The lowest BCUT2D eigenvalue weighted by Gasteiger charge is -2.41. The highest BCUT2D eigenvalue weighted by Crippen LogP contribution is 2.42. The number of rotatable bonds is 3. The third kappa shape index (κ3) is 3.23. The number of carbonyl (C=O) groups excluding carboxylic acids is 1. The fourth-order valence-corrected chi connectivity index (χ4v) is 4.48. The first-order chi connectivity index (χ1) is 13.6. The first-order valence-electron chi connectivity index (χ1n) is 9.05. The predicted molar refractivity (Wildman–Crippen MR) is 108 cm³/mol. The highest BCUT2D eigenvalue weighted by Gasteiger charge is 2.40. The van der Waals surface area contributed by atoms with Gasteiger partial charge in [-0.3, -0.25) is 4.79 Å². The fourth-order valence-electron chi connectivity index (χ4n) is 3.82. The van der Waals surface area contributed by atoms with Crippen LogP contribution in [0.5, 0.6) is 0 Å². The second-order valence-corrected chi connectivity index (χ2v) is 7.74. The summed E-state index contributed by atoms with van der Waals surface area (Å²) < 4.78 is 0. The van der Waals surface area contributed by atoms with Crippen molar-refractivity contribution in [2.45, 2.75) is 18.3 Å². The lowest BCUT2D eigenvalue weighted by Crippen LogP contribution is -2.46. The number of hydrogen-bond donors (Lipinski definition) is 1. The molecule has 0 spiro atoms. The molecule has 1 aliphatic rings. The Balaban J connectivity index is 1.58. The molecule has 3 aromatic rings. The molecule has 0 radical (unpaired) electrons. The van der Waals surface area contributed by atoms with Crippen LogP contribution < -0.4 is 5.73 Å². The van der Waals surface area contributed by atoms with Gasteiger partial charge in [-0.1, -0.05) is 30.3 Å². The Morgan fingerprint density at radius 1 is 1.18 bits per heavy atom. The zero-order chi connectivity index (χ0) is 19.6. The Kier molecular flexibility index (Phi) is 4.80. The molecule has 1 aromatic carbocycles. The minimum atomic E-state index is -0.241. The summed E-state index contributed by atoms with van der Waals surface area (Å²) in [4.78, 5) is 23.3. The second kappa shape index (κ2) is 7.41. The molecule has 0 aliphatic carbocycles. The Bertz CT molecular complexity index is 1010. The number of likely N-dealkylation sites (tertiary alicyclic amines) is 1. The number of aromatic nitrogens is 2. The van der Waals surface area contributed by atoms with Crippen LogP contribution in [0.2, 0.25) is 0 Å². The van der Waals surface area contributed by atoms with Crippen LogP contribution in [-0.4, -0.2) is 33.9 Å². The largest absolute Gasteiger partial charge is 0.375 e. The van der Waals surface area contributed by atoms with Crippen molar-refractivity contribution in [2.24, 2.45) is 0 Å². The summed E-state index contributed by atoms with van der Waals surface area (Å²) in [7, 11) is 0. The van der Waals surface area contributed by atoms with Crippen molar-refractivity contribution < 1.29 is 4.79 Å². The van der Waals surface area contributed by atoms with Crippen molar-refractivity contribution in [2.75, 3.05) is 18.8 Å². The van der Waals surface area contributed by atoms with Gasteiger partial charge in [0.05, 0.1) is 11.3 Å². The standard InChI is InChI=1S/C21H19N5OS/c22-12-17-7-6-15(13-24-17)19(27)26-10-8-21(9-11-26,16-4-2-1-3-5-16)18-14-28-20(23)25-18/h1-7,13-14H,8-11H2,(H2,23,25). The van der Waals surface area contributed by atoms with Gasteiger partial charge in [0.2, 0.25) is 0 Å². The lowest BCUT2D eigenvalue weighted by molar-refractivity contribution is 0.0683. The summed E-state index contributed by atoms with van der Waals surface area (Å²) in [6.07, 6.45) is 3.02. The molecular formula is C21H19N5OS. The van der Waals surface area contributed by atoms with Gasteiger partial charge in [0, 0.05) is 30.1 Å². The number of carbonyl (C=O) groups is 1. The Morgan fingerprint density at radius 2 is 1.93 bits per heavy atom. The molecule has 0 saturated carbocycles. The third-order valence-corrected chi connectivity index (χ3v) is 6.04. The van der Waals surface area contributed by atoms with Crippen molar-refractivity contribution in [1.29, 1.82) is 5.26 Å². The molecular weight excluding hydrogens is 370 g/mol. The zero-order valence-electron chi connectivity index (χ0n) is 15.2. The van der Waals surface area contributed by atoms with Gasteiger partial charge in [-0.15, -0.1) is 11.3 Å². The van der Waals surface area contributed by atoms with E-state index in [9.17, 15) is 4.79 Å². The van der Waals surface area contributed by atoms with E-state index in [4.69, 9.17) is 11.0 Å². The van der Waals surface area contributed by atoms with Crippen molar-refractivity contribution in [3.63, 3.8) is 0 Å². The Labute approximate surface area is 167 Å². The molecule has 3 heterocycles. The molecule has 4 rings (SSSR count). The van der Waals surface area contributed by atoms with Crippen molar-refractivity contribution in [3.8, 4) is 6.07 Å². The SMILES string of the molecule is N#Cc1ccc(C(=O)N2CCC(c3ccccc3)(c3csc(N)n3)CC2)cn1. The maximum Gasteiger partial charge on any atom is 0.255 e. The third-order valence-electron chi connectivity index (χ3n) is 5.37. The summed E-state index contributed by atoms with van der Waals surface area (Å²) in [5.74, 6) is -0.0588. The van der Waals surface area contributed by atoms with Crippen LogP contribution in [0, 0.1) is 11.3 Å². The Hall–Kier alpha value is -3.24. The van der Waals surface area contributed by atoms with Crippen LogP contribution in [0.3, 0.4) is 0 Å². The van der Waals surface area contributed by atoms with Gasteiger partial charge in [0.15, 0.2) is 5.13 Å². The molecule has 6 nitrogen and oxygen atoms in total. The molecule has 7 heteroatoms. The molecule has 1 fully saturated rings. The average molecular weight is 389 g/mol. The van der Waals surface area contributed by atoms with Gasteiger partial charge in [0.25, 0.3) is 5.91 Å². The number of nitrogens with zero attached hydrogens (tertiary/aromatic N) is 4. The summed E-state index contributed by atoms with van der Waals surface area (Å²) >= 11 is 1.45. The van der Waals surface area contributed by atoms with Gasteiger partial charge in [-0.2, -0.15) is 5.26 Å². The highest BCUT2D eigenvalue weighted by atomic mass is 32.1. The lowest BCUT2D eigenvalue weighted by atomic mass is 9.70. The number of benzene rings is 1. The van der Waals surface area contributed by atoms with E-state index in [0.717, 1.165) is 18.5 Å². The van der Waals surface area contributed by atoms with Gasteiger partial charge >= 0.3 is 0 Å². The molecule has 2 aromatic heterocycles. The van der Waals surface area contributed by atoms with Crippen molar-refractivity contribution >= 4 is 22.4 Å². The first kappa shape index (κ1) is 18.1. The minimum absolute atomic E-state index is 0.0588. The van der Waals surface area contributed by atoms with Gasteiger partial charge in [-0.25, -0.2) is 9.97 Å². The summed E-state index contributed by atoms with van der Waals surface area (Å²) in [5.41, 5.74) is 8.66. The van der Waals surface area contributed by atoms with Gasteiger partial charge < -0.3 is 10.6 Å². The zero-order valence-corrected chi connectivity index (χ0v) is 16.0. The highest BCUT2D eigenvalue weighted by molar-refractivity contribution is 7.13. The van der Waals surface area contributed by atoms with E-state index >= 15 is 0 Å². The molecule has 2 N–H and O–H groups in total. The van der Waals surface area contributed by atoms with E-state index in [-0.39, 0.29) is 11.3 Å². The predicted octanol–water partition coefficient (Wildman–Crippen LogP) is 3.21. The van der Waals surface area contributed by atoms with Crippen LogP contribution in [0.25, 0.3) is 0 Å². The number of thiazole rings is 1. The van der Waals surface area contributed by atoms with Crippen LogP contribution >= 0.6 is 11.3 Å². The van der Waals surface area contributed by atoms with E-state index < -0.39 is 0 Å². The number of anilines is 1. The quantitative estimate of drug-likeness (QED) is 0.742. The van der Waals surface area contributed by atoms with Crippen LogP contribution in [-0.2, 0) is 5.41 Å². The summed E-state index contributed by atoms with van der Waals surface area (Å²) in [6.45, 7) is 1.23. The molecule has 0 unspecified atom stereocenters. The molecule has 0 atom stereocenters. The van der Waals surface area contributed by atoms with E-state index in [1.165, 1.54) is 23.1 Å². The number of piperidine rings is 1. The summed E-state index contributed by atoms with van der Waals surface area (Å²) in [6, 6.07) is 15.5. The number of nitrogen functional groups attached to an aromatic ring is 1. The van der Waals surface area contributed by atoms with Crippen molar-refractivity contribution in [3.05, 3.63) is 76.6 Å². The minimum Gasteiger partial charge on any atom is -0.375 e. The summed E-state index contributed by atoms with van der Waals surface area (Å²) in [5, 5.41) is 11.5.